The van der Waals surface area contributed by atoms with Crippen molar-refractivity contribution in [3.05, 3.63) is 58.6 Å². The summed E-state index contributed by atoms with van der Waals surface area (Å²) in [4.78, 5) is 2.33. The van der Waals surface area contributed by atoms with Crippen LogP contribution >= 0.6 is 11.6 Å². The number of sulfonamides is 1. The summed E-state index contributed by atoms with van der Waals surface area (Å²) in [6, 6.07) is 11.6. The molecule has 0 radical (unpaired) electrons. The molecule has 0 aliphatic carbocycles. The van der Waals surface area contributed by atoms with Gasteiger partial charge in [0.15, 0.2) is 0 Å². The van der Waals surface area contributed by atoms with Crippen LogP contribution in [0, 0.1) is 6.92 Å². The Morgan fingerprint density at radius 2 is 1.83 bits per heavy atom. The van der Waals surface area contributed by atoms with E-state index in [4.69, 9.17) is 16.3 Å². The minimum Gasteiger partial charge on any atom is -0.490 e. The van der Waals surface area contributed by atoms with Crippen molar-refractivity contribution in [3.8, 4) is 5.75 Å². The molecule has 0 aromatic heterocycles. The van der Waals surface area contributed by atoms with Gasteiger partial charge < -0.3 is 4.74 Å². The van der Waals surface area contributed by atoms with Crippen molar-refractivity contribution < 1.29 is 13.2 Å². The molecule has 1 N–H and O–H groups in total. The van der Waals surface area contributed by atoms with E-state index in [9.17, 15) is 8.42 Å². The van der Waals surface area contributed by atoms with Crippen molar-refractivity contribution in [3.63, 3.8) is 0 Å². The van der Waals surface area contributed by atoms with Gasteiger partial charge in [-0.2, -0.15) is 13.5 Å². The monoisotopic (exact) mass is 366 g/mol. The molecule has 2 aromatic rings. The average molecular weight is 367 g/mol. The van der Waals surface area contributed by atoms with Gasteiger partial charge in [-0.3, -0.25) is 0 Å². The minimum atomic E-state index is -3.71. The first-order chi connectivity index (χ1) is 11.3. The zero-order chi connectivity index (χ0) is 17.7. The summed E-state index contributed by atoms with van der Waals surface area (Å²) in [6.45, 7) is 5.68. The highest BCUT2D eigenvalue weighted by Crippen LogP contribution is 2.22. The molecular formula is C17H19ClN2O3S. The maximum Gasteiger partial charge on any atom is 0.276 e. The van der Waals surface area contributed by atoms with Crippen molar-refractivity contribution in [2.24, 2.45) is 5.10 Å². The Balaban J connectivity index is 2.19. The van der Waals surface area contributed by atoms with Gasteiger partial charge in [0.2, 0.25) is 0 Å². The molecule has 0 aliphatic heterocycles. The molecule has 24 heavy (non-hydrogen) atoms. The normalized spacial score (nSPS) is 11.9. The highest BCUT2D eigenvalue weighted by molar-refractivity contribution is 7.89. The molecule has 0 amide bonds. The summed E-state index contributed by atoms with van der Waals surface area (Å²) in [5, 5.41) is 4.33. The highest BCUT2D eigenvalue weighted by atomic mass is 35.5. The predicted molar refractivity (Wildman–Crippen MR) is 96.3 cm³/mol. The molecule has 0 saturated carbocycles. The predicted octanol–water partition coefficient (Wildman–Crippen LogP) is 3.75. The lowest BCUT2D eigenvalue weighted by Gasteiger charge is -2.12. The third-order valence-corrected chi connectivity index (χ3v) is 4.52. The van der Waals surface area contributed by atoms with E-state index < -0.39 is 10.0 Å². The van der Waals surface area contributed by atoms with Crippen LogP contribution in [-0.2, 0) is 10.0 Å². The van der Waals surface area contributed by atoms with Crippen molar-refractivity contribution in [1.29, 1.82) is 0 Å². The number of hydrogen-bond acceptors (Lipinski definition) is 4. The third kappa shape index (κ3) is 4.97. The average Bonchev–Trinajstić information content (AvgIpc) is 2.50. The van der Waals surface area contributed by atoms with Crippen LogP contribution in [-0.4, -0.2) is 20.7 Å². The summed E-state index contributed by atoms with van der Waals surface area (Å²) >= 11 is 5.98. The van der Waals surface area contributed by atoms with Gasteiger partial charge >= 0.3 is 0 Å². The third-order valence-electron chi connectivity index (χ3n) is 3.04. The molecule has 0 saturated heterocycles. The van der Waals surface area contributed by atoms with Crippen molar-refractivity contribution in [2.75, 3.05) is 0 Å². The SMILES string of the molecule is Cc1ccc(S(=O)(=O)N/N=C/c2cc(Cl)ccc2OC(C)C)cc1. The maximum absolute atomic E-state index is 12.2. The fourth-order valence-electron chi connectivity index (χ4n) is 1.92. The number of halogens is 1. The number of nitrogens with one attached hydrogen (secondary N) is 1. The van der Waals surface area contributed by atoms with Crippen LogP contribution in [0.25, 0.3) is 0 Å². The molecule has 0 heterocycles. The van der Waals surface area contributed by atoms with Crippen molar-refractivity contribution in [2.45, 2.75) is 31.8 Å². The number of rotatable bonds is 6. The molecule has 0 spiro atoms. The van der Waals surface area contributed by atoms with Gasteiger partial charge in [-0.15, -0.1) is 0 Å². The van der Waals surface area contributed by atoms with Crippen LogP contribution in [0.1, 0.15) is 25.0 Å². The van der Waals surface area contributed by atoms with Crippen LogP contribution in [0.5, 0.6) is 5.75 Å². The zero-order valence-electron chi connectivity index (χ0n) is 13.7. The van der Waals surface area contributed by atoms with Gasteiger partial charge in [-0.1, -0.05) is 29.3 Å². The van der Waals surface area contributed by atoms with E-state index in [1.807, 2.05) is 20.8 Å². The van der Waals surface area contributed by atoms with E-state index in [0.29, 0.717) is 16.3 Å². The van der Waals surface area contributed by atoms with E-state index in [1.54, 1.807) is 30.3 Å². The fraction of sp³-hybridized carbons (Fsp3) is 0.235. The quantitative estimate of drug-likeness (QED) is 0.625. The lowest BCUT2D eigenvalue weighted by atomic mass is 10.2. The summed E-state index contributed by atoms with van der Waals surface area (Å²) in [5.41, 5.74) is 1.56. The Hall–Kier alpha value is -2.05. The van der Waals surface area contributed by atoms with E-state index in [2.05, 4.69) is 9.93 Å². The number of hydrazone groups is 1. The lowest BCUT2D eigenvalue weighted by molar-refractivity contribution is 0.242. The maximum atomic E-state index is 12.2. The Labute approximate surface area is 147 Å². The molecule has 128 valence electrons. The molecule has 0 fully saturated rings. The Morgan fingerprint density at radius 1 is 1.17 bits per heavy atom. The summed E-state index contributed by atoms with van der Waals surface area (Å²) in [7, 11) is -3.71. The molecule has 0 atom stereocenters. The number of aryl methyl sites for hydroxylation is 1. The Bertz CT molecular complexity index is 831. The van der Waals surface area contributed by atoms with Gasteiger partial charge in [0, 0.05) is 10.6 Å². The molecule has 0 aliphatic rings. The van der Waals surface area contributed by atoms with Crippen molar-refractivity contribution in [1.82, 2.24) is 4.83 Å². The van der Waals surface area contributed by atoms with E-state index >= 15 is 0 Å². The highest BCUT2D eigenvalue weighted by Gasteiger charge is 2.12. The van der Waals surface area contributed by atoms with Crippen LogP contribution in [0.4, 0.5) is 0 Å². The Kier molecular flexibility index (Phi) is 5.85. The van der Waals surface area contributed by atoms with Crippen LogP contribution in [0.15, 0.2) is 52.5 Å². The van der Waals surface area contributed by atoms with Gasteiger partial charge in [0.25, 0.3) is 10.0 Å². The van der Waals surface area contributed by atoms with Gasteiger partial charge in [0.1, 0.15) is 5.75 Å². The van der Waals surface area contributed by atoms with Crippen LogP contribution in [0.3, 0.4) is 0 Å². The fourth-order valence-corrected chi connectivity index (χ4v) is 2.89. The molecule has 5 nitrogen and oxygen atoms in total. The molecule has 0 unspecified atom stereocenters. The summed E-state index contributed by atoms with van der Waals surface area (Å²) in [6.07, 6.45) is 1.34. The van der Waals surface area contributed by atoms with Gasteiger partial charge in [0.05, 0.1) is 17.2 Å². The number of nitrogens with zero attached hydrogens (tertiary/aromatic N) is 1. The second kappa shape index (κ2) is 7.68. The first kappa shape index (κ1) is 18.3. The topological polar surface area (TPSA) is 67.8 Å². The molecule has 2 aromatic carbocycles. The second-order valence-electron chi connectivity index (χ2n) is 5.51. The summed E-state index contributed by atoms with van der Waals surface area (Å²) in [5.74, 6) is 0.577. The largest absolute Gasteiger partial charge is 0.490 e. The second-order valence-corrected chi connectivity index (χ2v) is 7.61. The molecular weight excluding hydrogens is 348 g/mol. The number of benzene rings is 2. The first-order valence-corrected chi connectivity index (χ1v) is 9.22. The zero-order valence-corrected chi connectivity index (χ0v) is 15.2. The number of ether oxygens (including phenoxy) is 1. The van der Waals surface area contributed by atoms with Crippen molar-refractivity contribution >= 4 is 27.8 Å². The van der Waals surface area contributed by atoms with E-state index in [-0.39, 0.29) is 11.0 Å². The lowest BCUT2D eigenvalue weighted by Crippen LogP contribution is -2.18. The molecule has 0 bridgehead atoms. The van der Waals surface area contributed by atoms with Crippen LogP contribution in [0.2, 0.25) is 5.02 Å². The van der Waals surface area contributed by atoms with E-state index in [0.717, 1.165) is 5.56 Å². The Morgan fingerprint density at radius 3 is 2.46 bits per heavy atom. The summed E-state index contributed by atoms with van der Waals surface area (Å²) < 4.78 is 30.0. The van der Waals surface area contributed by atoms with E-state index in [1.165, 1.54) is 18.3 Å². The number of hydrogen-bond donors (Lipinski definition) is 1. The minimum absolute atomic E-state index is 0.0254. The molecule has 2 rings (SSSR count). The standard InChI is InChI=1S/C17H19ClN2O3S/c1-12(2)23-17-9-6-15(18)10-14(17)11-19-20-24(21,22)16-7-4-13(3)5-8-16/h4-12,20H,1-3H3/b19-11+. The van der Waals surface area contributed by atoms with Gasteiger partial charge in [-0.25, -0.2) is 4.83 Å². The molecule has 7 heteroatoms. The van der Waals surface area contributed by atoms with Crippen LogP contribution < -0.4 is 9.57 Å². The van der Waals surface area contributed by atoms with Gasteiger partial charge in [-0.05, 0) is 51.1 Å². The smallest absolute Gasteiger partial charge is 0.276 e. The first-order valence-electron chi connectivity index (χ1n) is 7.35.